The third kappa shape index (κ3) is 2.61. The van der Waals surface area contributed by atoms with Gasteiger partial charge in [0.25, 0.3) is 10.0 Å². The summed E-state index contributed by atoms with van der Waals surface area (Å²) in [7, 11) is -4.00. The number of aromatic nitrogens is 3. The summed E-state index contributed by atoms with van der Waals surface area (Å²) in [5, 5.41) is 9.55. The Bertz CT molecular complexity index is 1010. The molecule has 0 radical (unpaired) electrons. The van der Waals surface area contributed by atoms with Crippen molar-refractivity contribution in [2.24, 2.45) is 0 Å². The minimum absolute atomic E-state index is 0.0335. The molecule has 0 fully saturated rings. The third-order valence-corrected chi connectivity index (χ3v) is 4.74. The van der Waals surface area contributed by atoms with E-state index in [1.807, 2.05) is 0 Å². The number of H-pyrrole nitrogens is 1. The second kappa shape index (κ2) is 5.36. The molecule has 0 spiro atoms. The number of anilines is 1. The number of aromatic amines is 1. The average Bonchev–Trinajstić information content (AvgIpc) is 2.93. The predicted octanol–water partition coefficient (Wildman–Crippen LogP) is 1.77. The molecule has 3 rings (SSSR count). The minimum atomic E-state index is -4.00. The fourth-order valence-electron chi connectivity index (χ4n) is 2.23. The molecule has 0 aliphatic rings. The number of rotatable bonds is 4. The van der Waals surface area contributed by atoms with Gasteiger partial charge in [0.1, 0.15) is 16.9 Å². The number of carbonyl (C=O) groups is 1. The Morgan fingerprint density at radius 1 is 1.35 bits per heavy atom. The normalized spacial score (nSPS) is 11.5. The molecule has 0 saturated carbocycles. The standard InChI is InChI=1S/C14H12N4O4S/c1-8-3-2-4-9(14(19)20)12(8)18-23(21,22)11-6-16-13-10(11)5-15-7-17-13/h2-7,18H,1H3,(H,19,20)(H,15,16,17). The number of fused-ring (bicyclic) bond motifs is 1. The van der Waals surface area contributed by atoms with Crippen LogP contribution in [0.4, 0.5) is 5.69 Å². The first kappa shape index (κ1) is 15.0. The Hall–Kier alpha value is -2.94. The van der Waals surface area contributed by atoms with E-state index in [-0.39, 0.29) is 16.1 Å². The molecule has 2 aromatic heterocycles. The summed E-state index contributed by atoms with van der Waals surface area (Å²) < 4.78 is 27.6. The van der Waals surface area contributed by atoms with Gasteiger partial charge in [-0.1, -0.05) is 12.1 Å². The second-order valence-corrected chi connectivity index (χ2v) is 6.50. The molecule has 0 bridgehead atoms. The fourth-order valence-corrected chi connectivity index (χ4v) is 3.53. The maximum atomic E-state index is 12.6. The van der Waals surface area contributed by atoms with Crippen LogP contribution in [0.15, 0.2) is 41.8 Å². The molecule has 0 atom stereocenters. The SMILES string of the molecule is Cc1cccc(C(=O)O)c1NS(=O)(=O)c1c[nH]c2ncncc12. The van der Waals surface area contributed by atoms with Gasteiger partial charge in [-0.15, -0.1) is 0 Å². The summed E-state index contributed by atoms with van der Waals surface area (Å²) in [5.74, 6) is -1.21. The molecule has 0 saturated heterocycles. The highest BCUT2D eigenvalue weighted by Crippen LogP contribution is 2.27. The van der Waals surface area contributed by atoms with Crippen molar-refractivity contribution in [3.63, 3.8) is 0 Å². The number of hydrogen-bond acceptors (Lipinski definition) is 5. The molecule has 9 heteroatoms. The Morgan fingerprint density at radius 3 is 2.87 bits per heavy atom. The molecule has 3 N–H and O–H groups in total. The molecule has 0 aliphatic heterocycles. The number of nitrogens with zero attached hydrogens (tertiary/aromatic N) is 2. The first-order chi connectivity index (χ1) is 10.9. The number of carboxylic acid groups (broad SMARTS) is 1. The first-order valence-electron chi connectivity index (χ1n) is 6.53. The van der Waals surface area contributed by atoms with Gasteiger partial charge in [0, 0.05) is 12.4 Å². The van der Waals surface area contributed by atoms with E-state index in [1.165, 1.54) is 24.8 Å². The van der Waals surface area contributed by atoms with Gasteiger partial charge < -0.3 is 10.1 Å². The van der Waals surface area contributed by atoms with Gasteiger partial charge in [-0.2, -0.15) is 0 Å². The number of sulfonamides is 1. The maximum Gasteiger partial charge on any atom is 0.337 e. The van der Waals surface area contributed by atoms with Crippen molar-refractivity contribution in [2.75, 3.05) is 4.72 Å². The van der Waals surface area contributed by atoms with Crippen molar-refractivity contribution in [2.45, 2.75) is 11.8 Å². The first-order valence-corrected chi connectivity index (χ1v) is 8.01. The van der Waals surface area contributed by atoms with Gasteiger partial charge in [0.05, 0.1) is 16.6 Å². The predicted molar refractivity (Wildman–Crippen MR) is 82.8 cm³/mol. The van der Waals surface area contributed by atoms with Crippen LogP contribution in [0.5, 0.6) is 0 Å². The van der Waals surface area contributed by atoms with E-state index in [4.69, 9.17) is 0 Å². The van der Waals surface area contributed by atoms with Crippen LogP contribution >= 0.6 is 0 Å². The Balaban J connectivity index is 2.11. The maximum absolute atomic E-state index is 12.6. The van der Waals surface area contributed by atoms with Crippen molar-refractivity contribution < 1.29 is 18.3 Å². The number of nitrogens with one attached hydrogen (secondary N) is 2. The van der Waals surface area contributed by atoms with Gasteiger partial charge in [0.2, 0.25) is 0 Å². The van der Waals surface area contributed by atoms with E-state index < -0.39 is 16.0 Å². The van der Waals surface area contributed by atoms with Crippen molar-refractivity contribution in [1.82, 2.24) is 15.0 Å². The highest BCUT2D eigenvalue weighted by molar-refractivity contribution is 7.93. The highest BCUT2D eigenvalue weighted by atomic mass is 32.2. The van der Waals surface area contributed by atoms with Crippen LogP contribution in [0.1, 0.15) is 15.9 Å². The molecule has 1 aromatic carbocycles. The molecular formula is C14H12N4O4S. The van der Waals surface area contributed by atoms with Crippen molar-refractivity contribution in [3.8, 4) is 0 Å². The van der Waals surface area contributed by atoms with Crippen LogP contribution in [0, 0.1) is 6.92 Å². The highest BCUT2D eigenvalue weighted by Gasteiger charge is 2.23. The molecule has 2 heterocycles. The van der Waals surface area contributed by atoms with Gasteiger partial charge in [-0.05, 0) is 18.6 Å². The smallest absolute Gasteiger partial charge is 0.337 e. The molecular weight excluding hydrogens is 320 g/mol. The largest absolute Gasteiger partial charge is 0.478 e. The van der Waals surface area contributed by atoms with Crippen LogP contribution < -0.4 is 4.72 Å². The molecule has 0 aliphatic carbocycles. The lowest BCUT2D eigenvalue weighted by molar-refractivity contribution is 0.0698. The molecule has 0 unspecified atom stereocenters. The molecule has 3 aromatic rings. The molecule has 23 heavy (non-hydrogen) atoms. The lowest BCUT2D eigenvalue weighted by Gasteiger charge is -2.12. The Kier molecular flexibility index (Phi) is 3.49. The van der Waals surface area contributed by atoms with E-state index in [0.717, 1.165) is 0 Å². The number of benzene rings is 1. The number of aryl methyl sites for hydroxylation is 1. The van der Waals surface area contributed by atoms with Crippen molar-refractivity contribution in [1.29, 1.82) is 0 Å². The summed E-state index contributed by atoms with van der Waals surface area (Å²) in [4.78, 5) is 21.7. The van der Waals surface area contributed by atoms with E-state index >= 15 is 0 Å². The lowest BCUT2D eigenvalue weighted by atomic mass is 10.1. The summed E-state index contributed by atoms with van der Waals surface area (Å²) in [6.45, 7) is 1.63. The van der Waals surface area contributed by atoms with E-state index in [9.17, 15) is 18.3 Å². The van der Waals surface area contributed by atoms with E-state index in [1.54, 1.807) is 19.1 Å². The van der Waals surface area contributed by atoms with E-state index in [0.29, 0.717) is 16.6 Å². The van der Waals surface area contributed by atoms with Gasteiger partial charge in [0.15, 0.2) is 0 Å². The third-order valence-electron chi connectivity index (χ3n) is 3.35. The van der Waals surface area contributed by atoms with Gasteiger partial charge >= 0.3 is 5.97 Å². The summed E-state index contributed by atoms with van der Waals surface area (Å²) in [6, 6.07) is 4.52. The molecule has 8 nitrogen and oxygen atoms in total. The number of aromatic carboxylic acids is 1. The van der Waals surface area contributed by atoms with Crippen LogP contribution in [-0.2, 0) is 10.0 Å². The lowest BCUT2D eigenvalue weighted by Crippen LogP contribution is -2.16. The molecule has 118 valence electrons. The summed E-state index contributed by atoms with van der Waals surface area (Å²) in [6.07, 6.45) is 3.97. The zero-order valence-electron chi connectivity index (χ0n) is 11.9. The Morgan fingerprint density at radius 2 is 2.13 bits per heavy atom. The van der Waals surface area contributed by atoms with Crippen LogP contribution in [0.3, 0.4) is 0 Å². The zero-order valence-corrected chi connectivity index (χ0v) is 12.8. The number of hydrogen-bond donors (Lipinski definition) is 3. The summed E-state index contributed by atoms with van der Waals surface area (Å²) in [5.41, 5.74) is 0.795. The van der Waals surface area contributed by atoms with Crippen LogP contribution in [0.2, 0.25) is 0 Å². The Labute approximate surface area is 131 Å². The van der Waals surface area contributed by atoms with Crippen molar-refractivity contribution >= 4 is 32.7 Å². The minimum Gasteiger partial charge on any atom is -0.478 e. The monoisotopic (exact) mass is 332 g/mol. The van der Waals surface area contributed by atoms with Gasteiger partial charge in [-0.25, -0.2) is 23.2 Å². The quantitative estimate of drug-likeness (QED) is 0.668. The van der Waals surface area contributed by atoms with E-state index in [2.05, 4.69) is 19.7 Å². The zero-order chi connectivity index (χ0) is 16.6. The number of para-hydroxylation sites is 1. The molecule has 0 amide bonds. The van der Waals surface area contributed by atoms with Crippen molar-refractivity contribution in [3.05, 3.63) is 48.0 Å². The fraction of sp³-hybridized carbons (Fsp3) is 0.0714. The number of carboxylic acids is 1. The van der Waals surface area contributed by atoms with Crippen LogP contribution in [-0.4, -0.2) is 34.4 Å². The van der Waals surface area contributed by atoms with Gasteiger partial charge in [-0.3, -0.25) is 4.72 Å². The topological polar surface area (TPSA) is 125 Å². The van der Waals surface area contributed by atoms with Crippen LogP contribution in [0.25, 0.3) is 11.0 Å². The summed E-state index contributed by atoms with van der Waals surface area (Å²) >= 11 is 0. The average molecular weight is 332 g/mol. The second-order valence-electron chi connectivity index (χ2n) is 4.85.